The SMILES string of the molecule is CCCCNC(=O)[C@@H](Cc1ccccc1)N(Cc1c(Cl)cccc1Cl)C(=O)CN(c1ccc(F)cc1)S(=O)(=O)c1ccc(OCC)cc1. The number of anilines is 1. The van der Waals surface area contributed by atoms with Crippen molar-refractivity contribution in [1.29, 1.82) is 0 Å². The Bertz CT molecular complexity index is 1760. The Morgan fingerprint density at radius 1 is 0.875 bits per heavy atom. The largest absolute Gasteiger partial charge is 0.494 e. The van der Waals surface area contributed by atoms with E-state index in [9.17, 15) is 22.4 Å². The van der Waals surface area contributed by atoms with Gasteiger partial charge in [0.2, 0.25) is 11.8 Å². The molecule has 0 spiro atoms. The van der Waals surface area contributed by atoms with E-state index < -0.39 is 40.2 Å². The van der Waals surface area contributed by atoms with Crippen LogP contribution in [-0.2, 0) is 32.6 Å². The van der Waals surface area contributed by atoms with Crippen LogP contribution in [0.5, 0.6) is 5.75 Å². The molecule has 0 radical (unpaired) electrons. The highest BCUT2D eigenvalue weighted by atomic mass is 35.5. The second kappa shape index (κ2) is 17.3. The van der Waals surface area contributed by atoms with Gasteiger partial charge >= 0.3 is 0 Å². The first-order chi connectivity index (χ1) is 23.0. The molecule has 0 saturated carbocycles. The van der Waals surface area contributed by atoms with Gasteiger partial charge in [0.15, 0.2) is 0 Å². The van der Waals surface area contributed by atoms with Crippen molar-refractivity contribution < 1.29 is 27.1 Å². The maximum atomic E-state index is 14.6. The summed E-state index contributed by atoms with van der Waals surface area (Å²) < 4.78 is 48.7. The van der Waals surface area contributed by atoms with Gasteiger partial charge < -0.3 is 15.0 Å². The van der Waals surface area contributed by atoms with Crippen molar-refractivity contribution in [2.45, 2.75) is 50.6 Å². The molecule has 0 aliphatic heterocycles. The van der Waals surface area contributed by atoms with Crippen molar-refractivity contribution in [3.8, 4) is 5.75 Å². The number of amides is 2. The fourth-order valence-corrected chi connectivity index (χ4v) is 6.98. The van der Waals surface area contributed by atoms with Gasteiger partial charge in [0.25, 0.3) is 10.0 Å². The number of unbranched alkanes of at least 4 members (excludes halogenated alkanes) is 1. The molecule has 0 aromatic heterocycles. The average molecular weight is 715 g/mol. The van der Waals surface area contributed by atoms with E-state index in [1.165, 1.54) is 41.3 Å². The molecule has 1 N–H and O–H groups in total. The van der Waals surface area contributed by atoms with Crippen LogP contribution in [0.1, 0.15) is 37.8 Å². The summed E-state index contributed by atoms with van der Waals surface area (Å²) in [4.78, 5) is 29.6. The van der Waals surface area contributed by atoms with E-state index in [0.717, 1.165) is 34.8 Å². The first-order valence-corrected chi connectivity index (χ1v) is 17.8. The summed E-state index contributed by atoms with van der Waals surface area (Å²) in [6.07, 6.45) is 1.71. The summed E-state index contributed by atoms with van der Waals surface area (Å²) in [5.74, 6) is -1.21. The lowest BCUT2D eigenvalue weighted by atomic mass is 10.0. The molecule has 4 rings (SSSR count). The minimum Gasteiger partial charge on any atom is -0.494 e. The molecular formula is C36H38Cl2FN3O5S. The standard InChI is InChI=1S/C36H38Cl2FN3O5S/c1-3-5-22-40-36(44)34(23-26-10-7-6-8-11-26)41(24-31-32(37)12-9-13-33(31)38)35(43)25-42(28-16-14-27(39)15-17-28)48(45,46)30-20-18-29(19-21-30)47-4-2/h6-21,34H,3-5,22-25H2,1-2H3,(H,40,44)/t34-/m1/s1. The second-order valence-corrected chi connectivity index (χ2v) is 13.6. The fraction of sp³-hybridized carbons (Fsp3) is 0.278. The third-order valence-electron chi connectivity index (χ3n) is 7.61. The van der Waals surface area contributed by atoms with E-state index in [-0.39, 0.29) is 33.6 Å². The Kier molecular flexibility index (Phi) is 13.3. The molecule has 0 heterocycles. The molecule has 4 aromatic rings. The van der Waals surface area contributed by atoms with E-state index in [1.807, 2.05) is 44.2 Å². The van der Waals surface area contributed by atoms with Crippen LogP contribution < -0.4 is 14.4 Å². The number of nitrogens with one attached hydrogen (secondary N) is 1. The summed E-state index contributed by atoms with van der Waals surface area (Å²) in [5, 5.41) is 3.49. The van der Waals surface area contributed by atoms with Crippen molar-refractivity contribution >= 4 is 50.7 Å². The lowest BCUT2D eigenvalue weighted by Crippen LogP contribution is -2.53. The van der Waals surface area contributed by atoms with Crippen LogP contribution in [0.25, 0.3) is 0 Å². The van der Waals surface area contributed by atoms with Crippen molar-refractivity contribution in [1.82, 2.24) is 10.2 Å². The van der Waals surface area contributed by atoms with E-state index in [1.54, 1.807) is 18.2 Å². The van der Waals surface area contributed by atoms with Gasteiger partial charge in [-0.25, -0.2) is 12.8 Å². The smallest absolute Gasteiger partial charge is 0.264 e. The molecule has 0 bridgehead atoms. The Hall–Kier alpha value is -4.12. The first-order valence-electron chi connectivity index (χ1n) is 15.6. The topological polar surface area (TPSA) is 96.0 Å². The van der Waals surface area contributed by atoms with Crippen LogP contribution in [0.3, 0.4) is 0 Å². The molecule has 0 saturated heterocycles. The van der Waals surface area contributed by atoms with Gasteiger partial charge in [-0.1, -0.05) is 72.9 Å². The molecular weight excluding hydrogens is 676 g/mol. The number of carbonyl (C=O) groups excluding carboxylic acids is 2. The molecule has 48 heavy (non-hydrogen) atoms. The van der Waals surface area contributed by atoms with Crippen LogP contribution >= 0.6 is 23.2 Å². The lowest BCUT2D eigenvalue weighted by molar-refractivity contribution is -0.140. The van der Waals surface area contributed by atoms with Crippen LogP contribution in [0.15, 0.2) is 102 Å². The molecule has 1 atom stereocenters. The maximum absolute atomic E-state index is 14.6. The number of hydrogen-bond acceptors (Lipinski definition) is 5. The predicted molar refractivity (Wildman–Crippen MR) is 187 cm³/mol. The monoisotopic (exact) mass is 713 g/mol. The van der Waals surface area contributed by atoms with Crippen molar-refractivity contribution in [3.05, 3.63) is 124 Å². The lowest BCUT2D eigenvalue weighted by Gasteiger charge is -2.34. The second-order valence-electron chi connectivity index (χ2n) is 11.0. The summed E-state index contributed by atoms with van der Waals surface area (Å²) in [6.45, 7) is 3.70. The molecule has 0 aliphatic carbocycles. The van der Waals surface area contributed by atoms with Crippen LogP contribution in [0.4, 0.5) is 10.1 Å². The number of rotatable bonds is 16. The number of nitrogens with zero attached hydrogens (tertiary/aromatic N) is 2. The Balaban J connectivity index is 1.81. The summed E-state index contributed by atoms with van der Waals surface area (Å²) in [6, 6.07) is 23.6. The van der Waals surface area contributed by atoms with Gasteiger partial charge in [-0.3, -0.25) is 13.9 Å². The molecule has 2 amide bonds. The minimum absolute atomic E-state index is 0.0568. The van der Waals surface area contributed by atoms with Crippen molar-refractivity contribution in [2.24, 2.45) is 0 Å². The highest BCUT2D eigenvalue weighted by Gasteiger charge is 2.35. The van der Waals surface area contributed by atoms with E-state index in [4.69, 9.17) is 27.9 Å². The number of halogens is 3. The molecule has 0 unspecified atom stereocenters. The van der Waals surface area contributed by atoms with Crippen LogP contribution in [0.2, 0.25) is 10.0 Å². The van der Waals surface area contributed by atoms with Crippen molar-refractivity contribution in [3.63, 3.8) is 0 Å². The molecule has 254 valence electrons. The van der Waals surface area contributed by atoms with E-state index in [0.29, 0.717) is 24.5 Å². The third kappa shape index (κ3) is 9.49. The van der Waals surface area contributed by atoms with Crippen LogP contribution in [0, 0.1) is 5.82 Å². The first kappa shape index (κ1) is 36.7. The number of benzene rings is 4. The molecule has 12 heteroatoms. The van der Waals surface area contributed by atoms with Gasteiger partial charge in [-0.05, 0) is 79.6 Å². The molecule has 8 nitrogen and oxygen atoms in total. The van der Waals surface area contributed by atoms with Gasteiger partial charge in [-0.2, -0.15) is 0 Å². The predicted octanol–water partition coefficient (Wildman–Crippen LogP) is 7.28. The molecule has 0 fully saturated rings. The van der Waals surface area contributed by atoms with Crippen LogP contribution in [-0.4, -0.2) is 50.9 Å². The maximum Gasteiger partial charge on any atom is 0.264 e. The van der Waals surface area contributed by atoms with E-state index in [2.05, 4.69) is 5.32 Å². The zero-order valence-electron chi connectivity index (χ0n) is 26.7. The van der Waals surface area contributed by atoms with Gasteiger partial charge in [0.05, 0.1) is 17.2 Å². The Labute approximate surface area is 291 Å². The molecule has 0 aliphatic rings. The van der Waals surface area contributed by atoms with Crippen molar-refractivity contribution in [2.75, 3.05) is 24.0 Å². The van der Waals surface area contributed by atoms with Gasteiger partial charge in [0, 0.05) is 35.1 Å². The number of carbonyl (C=O) groups is 2. The van der Waals surface area contributed by atoms with Gasteiger partial charge in [-0.15, -0.1) is 0 Å². The normalized spacial score (nSPS) is 11.9. The zero-order chi connectivity index (χ0) is 34.7. The van der Waals surface area contributed by atoms with E-state index >= 15 is 0 Å². The molecule has 4 aromatic carbocycles. The Morgan fingerprint density at radius 2 is 1.52 bits per heavy atom. The number of ether oxygens (including phenoxy) is 1. The summed E-state index contributed by atoms with van der Waals surface area (Å²) in [7, 11) is -4.38. The highest BCUT2D eigenvalue weighted by Crippen LogP contribution is 2.29. The summed E-state index contributed by atoms with van der Waals surface area (Å²) in [5.41, 5.74) is 1.24. The number of hydrogen-bond donors (Lipinski definition) is 1. The minimum atomic E-state index is -4.38. The quantitative estimate of drug-likeness (QED) is 0.123. The fourth-order valence-electron chi connectivity index (χ4n) is 5.05. The summed E-state index contributed by atoms with van der Waals surface area (Å²) >= 11 is 13.1. The highest BCUT2D eigenvalue weighted by molar-refractivity contribution is 7.92. The number of sulfonamides is 1. The average Bonchev–Trinajstić information content (AvgIpc) is 3.07. The third-order valence-corrected chi connectivity index (χ3v) is 10.1. The Morgan fingerprint density at radius 3 is 2.12 bits per heavy atom. The van der Waals surface area contributed by atoms with Gasteiger partial charge in [0.1, 0.15) is 24.2 Å². The zero-order valence-corrected chi connectivity index (χ0v) is 29.1.